The van der Waals surface area contributed by atoms with Gasteiger partial charge >= 0.3 is 5.97 Å². The SMILES string of the molecule is CCCc1noc(CNCCC(=O)O)n1. The number of carboxylic acids is 1. The third kappa shape index (κ3) is 4.55. The molecule has 0 saturated heterocycles. The lowest BCUT2D eigenvalue weighted by molar-refractivity contribution is -0.136. The van der Waals surface area contributed by atoms with E-state index in [1.165, 1.54) is 0 Å². The van der Waals surface area contributed by atoms with Gasteiger partial charge in [-0.25, -0.2) is 0 Å². The van der Waals surface area contributed by atoms with Crippen LogP contribution in [0.15, 0.2) is 4.52 Å². The van der Waals surface area contributed by atoms with Crippen molar-refractivity contribution in [2.45, 2.75) is 32.7 Å². The Hall–Kier alpha value is -1.43. The van der Waals surface area contributed by atoms with Crippen LogP contribution >= 0.6 is 0 Å². The van der Waals surface area contributed by atoms with Crippen LogP contribution < -0.4 is 5.32 Å². The second-order valence-corrected chi connectivity index (χ2v) is 3.17. The Morgan fingerprint density at radius 1 is 1.60 bits per heavy atom. The number of rotatable bonds is 7. The van der Waals surface area contributed by atoms with E-state index in [1.54, 1.807) is 0 Å². The molecule has 0 aliphatic rings. The van der Waals surface area contributed by atoms with Crippen molar-refractivity contribution in [3.63, 3.8) is 0 Å². The second-order valence-electron chi connectivity index (χ2n) is 3.17. The Kier molecular flexibility index (Phi) is 4.76. The first-order valence-electron chi connectivity index (χ1n) is 4.96. The van der Waals surface area contributed by atoms with Gasteiger partial charge < -0.3 is 14.9 Å². The lowest BCUT2D eigenvalue weighted by atomic mass is 10.3. The third-order valence-electron chi connectivity index (χ3n) is 1.78. The topological polar surface area (TPSA) is 88.2 Å². The zero-order valence-corrected chi connectivity index (χ0v) is 8.69. The van der Waals surface area contributed by atoms with E-state index >= 15 is 0 Å². The van der Waals surface area contributed by atoms with E-state index in [2.05, 4.69) is 15.5 Å². The van der Waals surface area contributed by atoms with Crippen molar-refractivity contribution in [3.8, 4) is 0 Å². The molecule has 6 nitrogen and oxygen atoms in total. The summed E-state index contributed by atoms with van der Waals surface area (Å²) in [7, 11) is 0. The molecule has 0 bridgehead atoms. The van der Waals surface area contributed by atoms with E-state index in [-0.39, 0.29) is 6.42 Å². The van der Waals surface area contributed by atoms with E-state index in [0.717, 1.165) is 12.8 Å². The van der Waals surface area contributed by atoms with Gasteiger partial charge in [0.25, 0.3) is 0 Å². The van der Waals surface area contributed by atoms with E-state index in [9.17, 15) is 4.79 Å². The Labute approximate surface area is 87.7 Å². The van der Waals surface area contributed by atoms with Crippen LogP contribution in [0.25, 0.3) is 0 Å². The molecular weight excluding hydrogens is 198 g/mol. The summed E-state index contributed by atoms with van der Waals surface area (Å²) in [6.45, 7) is 2.87. The molecule has 0 aliphatic carbocycles. The predicted octanol–water partition coefficient (Wildman–Crippen LogP) is 0.586. The Bertz CT molecular complexity index is 311. The lowest BCUT2D eigenvalue weighted by Crippen LogP contribution is -2.17. The lowest BCUT2D eigenvalue weighted by Gasteiger charge is -1.96. The molecule has 6 heteroatoms. The van der Waals surface area contributed by atoms with Gasteiger partial charge in [-0.05, 0) is 6.42 Å². The highest BCUT2D eigenvalue weighted by molar-refractivity contribution is 5.66. The molecule has 0 aromatic carbocycles. The quantitative estimate of drug-likeness (QED) is 0.644. The van der Waals surface area contributed by atoms with E-state index in [0.29, 0.717) is 24.8 Å². The fourth-order valence-electron chi connectivity index (χ4n) is 1.08. The monoisotopic (exact) mass is 213 g/mol. The van der Waals surface area contributed by atoms with Gasteiger partial charge in [0, 0.05) is 13.0 Å². The Balaban J connectivity index is 2.22. The van der Waals surface area contributed by atoms with Crippen LogP contribution in [0, 0.1) is 0 Å². The maximum Gasteiger partial charge on any atom is 0.304 e. The van der Waals surface area contributed by atoms with Crippen molar-refractivity contribution < 1.29 is 14.4 Å². The first kappa shape index (κ1) is 11.6. The number of nitrogens with zero attached hydrogens (tertiary/aromatic N) is 2. The van der Waals surface area contributed by atoms with Crippen molar-refractivity contribution in [1.29, 1.82) is 0 Å². The van der Waals surface area contributed by atoms with Crippen molar-refractivity contribution in [2.24, 2.45) is 0 Å². The molecule has 15 heavy (non-hydrogen) atoms. The number of aryl methyl sites for hydroxylation is 1. The molecule has 0 fully saturated rings. The van der Waals surface area contributed by atoms with Crippen LogP contribution in [0.3, 0.4) is 0 Å². The number of nitrogens with one attached hydrogen (secondary N) is 1. The third-order valence-corrected chi connectivity index (χ3v) is 1.78. The highest BCUT2D eigenvalue weighted by atomic mass is 16.5. The molecule has 0 saturated carbocycles. The molecule has 1 aromatic rings. The average molecular weight is 213 g/mol. The summed E-state index contributed by atoms with van der Waals surface area (Å²) in [4.78, 5) is 14.3. The molecule has 84 valence electrons. The Morgan fingerprint density at radius 3 is 3.07 bits per heavy atom. The minimum Gasteiger partial charge on any atom is -0.481 e. The summed E-state index contributed by atoms with van der Waals surface area (Å²) in [6, 6.07) is 0. The maximum absolute atomic E-state index is 10.2. The van der Waals surface area contributed by atoms with Crippen LogP contribution in [-0.2, 0) is 17.8 Å². The van der Waals surface area contributed by atoms with Crippen LogP contribution in [0.2, 0.25) is 0 Å². The molecular formula is C9H15N3O3. The number of aromatic nitrogens is 2. The molecule has 1 rings (SSSR count). The standard InChI is InChI=1S/C9H15N3O3/c1-2-3-7-11-8(15-12-7)6-10-5-4-9(13)14/h10H,2-6H2,1H3,(H,13,14). The molecule has 0 spiro atoms. The van der Waals surface area contributed by atoms with Gasteiger partial charge in [-0.1, -0.05) is 12.1 Å². The first-order valence-corrected chi connectivity index (χ1v) is 4.96. The summed E-state index contributed by atoms with van der Waals surface area (Å²) in [6.07, 6.45) is 1.87. The molecule has 1 heterocycles. The fraction of sp³-hybridized carbons (Fsp3) is 0.667. The smallest absolute Gasteiger partial charge is 0.304 e. The Morgan fingerprint density at radius 2 is 2.40 bits per heavy atom. The average Bonchev–Trinajstić information content (AvgIpc) is 2.61. The summed E-state index contributed by atoms with van der Waals surface area (Å²) in [5.74, 6) is 0.385. The van der Waals surface area contributed by atoms with Gasteiger partial charge in [0.2, 0.25) is 5.89 Å². The van der Waals surface area contributed by atoms with Crippen molar-refractivity contribution >= 4 is 5.97 Å². The summed E-state index contributed by atoms with van der Waals surface area (Å²) in [5.41, 5.74) is 0. The molecule has 2 N–H and O–H groups in total. The van der Waals surface area contributed by atoms with Crippen LogP contribution in [0.1, 0.15) is 31.5 Å². The first-order chi connectivity index (χ1) is 7.22. The normalized spacial score (nSPS) is 10.5. The number of carbonyl (C=O) groups is 1. The highest BCUT2D eigenvalue weighted by Crippen LogP contribution is 1.99. The van der Waals surface area contributed by atoms with Crippen LogP contribution in [-0.4, -0.2) is 27.8 Å². The largest absolute Gasteiger partial charge is 0.481 e. The van der Waals surface area contributed by atoms with Gasteiger partial charge in [0.1, 0.15) is 0 Å². The zero-order chi connectivity index (χ0) is 11.1. The number of hydrogen-bond donors (Lipinski definition) is 2. The van der Waals surface area contributed by atoms with Crippen molar-refractivity contribution in [3.05, 3.63) is 11.7 Å². The van der Waals surface area contributed by atoms with E-state index in [4.69, 9.17) is 9.63 Å². The molecule has 0 unspecified atom stereocenters. The number of hydrogen-bond acceptors (Lipinski definition) is 5. The number of aliphatic carboxylic acids is 1. The molecule has 1 aromatic heterocycles. The molecule has 0 amide bonds. The van der Waals surface area contributed by atoms with Crippen molar-refractivity contribution in [2.75, 3.05) is 6.54 Å². The predicted molar refractivity (Wildman–Crippen MR) is 52.3 cm³/mol. The van der Waals surface area contributed by atoms with Gasteiger partial charge in [-0.15, -0.1) is 0 Å². The van der Waals surface area contributed by atoms with E-state index in [1.807, 2.05) is 6.92 Å². The molecule has 0 radical (unpaired) electrons. The fourth-order valence-corrected chi connectivity index (χ4v) is 1.08. The van der Waals surface area contributed by atoms with Crippen molar-refractivity contribution in [1.82, 2.24) is 15.5 Å². The van der Waals surface area contributed by atoms with Gasteiger partial charge in [0.15, 0.2) is 5.82 Å². The highest BCUT2D eigenvalue weighted by Gasteiger charge is 2.04. The van der Waals surface area contributed by atoms with Gasteiger partial charge in [-0.2, -0.15) is 4.98 Å². The molecule has 0 atom stereocenters. The summed E-state index contributed by atoms with van der Waals surface area (Å²) >= 11 is 0. The minimum absolute atomic E-state index is 0.0932. The minimum atomic E-state index is -0.820. The van der Waals surface area contributed by atoms with Crippen LogP contribution in [0.4, 0.5) is 0 Å². The van der Waals surface area contributed by atoms with Gasteiger partial charge in [-0.3, -0.25) is 4.79 Å². The van der Waals surface area contributed by atoms with Gasteiger partial charge in [0.05, 0.1) is 13.0 Å². The molecule has 0 aliphatic heterocycles. The number of carboxylic acid groups (broad SMARTS) is 1. The summed E-state index contributed by atoms with van der Waals surface area (Å²) < 4.78 is 4.95. The second kappa shape index (κ2) is 6.13. The summed E-state index contributed by atoms with van der Waals surface area (Å²) in [5, 5.41) is 15.1. The van der Waals surface area contributed by atoms with Crippen LogP contribution in [0.5, 0.6) is 0 Å². The maximum atomic E-state index is 10.2. The zero-order valence-electron chi connectivity index (χ0n) is 8.69. The van der Waals surface area contributed by atoms with E-state index < -0.39 is 5.97 Å².